The first kappa shape index (κ1) is 18.9. The molecule has 0 unspecified atom stereocenters. The lowest BCUT2D eigenvalue weighted by molar-refractivity contribution is -0.116. The molecular weight excluding hydrogens is 366 g/mol. The summed E-state index contributed by atoms with van der Waals surface area (Å²) in [6.07, 6.45) is 2.77. The maximum atomic E-state index is 12.5. The number of methoxy groups -OCH3 is 2. The normalized spacial score (nSPS) is 13.0. The Balaban J connectivity index is 1.60. The van der Waals surface area contributed by atoms with Gasteiger partial charge in [-0.25, -0.2) is 0 Å². The molecule has 2 heterocycles. The minimum atomic E-state index is 0.00447. The van der Waals surface area contributed by atoms with Gasteiger partial charge in [0.1, 0.15) is 0 Å². The third-order valence-corrected chi connectivity index (χ3v) is 6.79. The maximum absolute atomic E-state index is 12.5. The molecule has 4 nitrogen and oxygen atoms in total. The molecule has 1 amide bonds. The molecular formula is C20H23NO3S2. The Kier molecular flexibility index (Phi) is 5.94. The largest absolute Gasteiger partial charge is 0.493 e. The topological polar surface area (TPSA) is 47.6 Å². The summed E-state index contributed by atoms with van der Waals surface area (Å²) >= 11 is 3.39. The third-order valence-electron chi connectivity index (χ3n) is 4.55. The number of amides is 1. The van der Waals surface area contributed by atoms with Crippen LogP contribution in [-0.2, 0) is 17.0 Å². The summed E-state index contributed by atoms with van der Waals surface area (Å²) in [4.78, 5) is 15.8. The molecule has 2 aromatic rings. The summed E-state index contributed by atoms with van der Waals surface area (Å²) in [6, 6.07) is 5.83. The van der Waals surface area contributed by atoms with Gasteiger partial charge in [-0.15, -0.1) is 23.1 Å². The quantitative estimate of drug-likeness (QED) is 0.799. The summed E-state index contributed by atoms with van der Waals surface area (Å²) in [6.45, 7) is 4.88. The molecule has 0 saturated carbocycles. The van der Waals surface area contributed by atoms with Gasteiger partial charge in [0.25, 0.3) is 5.91 Å². The van der Waals surface area contributed by atoms with Crippen LogP contribution in [-0.4, -0.2) is 26.7 Å². The molecule has 1 aliphatic rings. The number of rotatable bonds is 6. The van der Waals surface area contributed by atoms with E-state index < -0.39 is 0 Å². The Morgan fingerprint density at radius 1 is 1.19 bits per heavy atom. The number of hydrogen-bond donors (Lipinski definition) is 1. The van der Waals surface area contributed by atoms with E-state index in [9.17, 15) is 4.79 Å². The van der Waals surface area contributed by atoms with E-state index in [1.54, 1.807) is 37.3 Å². The van der Waals surface area contributed by atoms with Gasteiger partial charge in [0, 0.05) is 22.1 Å². The molecule has 138 valence electrons. The average molecular weight is 390 g/mol. The second kappa shape index (κ2) is 8.18. The number of aryl methyl sites for hydroxylation is 1. The van der Waals surface area contributed by atoms with Crippen LogP contribution in [0.2, 0.25) is 0 Å². The van der Waals surface area contributed by atoms with Crippen LogP contribution in [0.25, 0.3) is 6.08 Å². The zero-order valence-electron chi connectivity index (χ0n) is 15.5. The van der Waals surface area contributed by atoms with Gasteiger partial charge in [-0.1, -0.05) is 6.07 Å². The standard InChI is InChI=1S/C20H23NO3S2/c1-12-13(2)26-18-10-19(25-11-15(12)18)20(22)21-8-7-14-5-6-16(23-3)17(9-14)24-4/h5-6,9-10H,7-8,11H2,1-4H3,(H,21,22). The second-order valence-corrected chi connectivity index (χ2v) is 8.39. The highest BCUT2D eigenvalue weighted by molar-refractivity contribution is 8.03. The van der Waals surface area contributed by atoms with Crippen LogP contribution in [0.3, 0.4) is 0 Å². The number of fused-ring (bicyclic) bond motifs is 1. The van der Waals surface area contributed by atoms with Gasteiger partial charge in [-0.05, 0) is 55.2 Å². The highest BCUT2D eigenvalue weighted by Gasteiger charge is 2.20. The molecule has 1 aliphatic heterocycles. The molecule has 3 rings (SSSR count). The molecule has 26 heavy (non-hydrogen) atoms. The minimum Gasteiger partial charge on any atom is -0.493 e. The number of thioether (sulfide) groups is 1. The van der Waals surface area contributed by atoms with Crippen molar-refractivity contribution in [2.45, 2.75) is 26.0 Å². The van der Waals surface area contributed by atoms with Crippen molar-refractivity contribution in [1.82, 2.24) is 5.32 Å². The highest BCUT2D eigenvalue weighted by atomic mass is 32.2. The van der Waals surface area contributed by atoms with E-state index in [1.807, 2.05) is 24.3 Å². The molecule has 1 N–H and O–H groups in total. The van der Waals surface area contributed by atoms with Crippen molar-refractivity contribution in [3.63, 3.8) is 0 Å². The number of carbonyl (C=O) groups is 1. The fourth-order valence-electron chi connectivity index (χ4n) is 2.88. The van der Waals surface area contributed by atoms with Gasteiger partial charge >= 0.3 is 0 Å². The molecule has 0 bridgehead atoms. The zero-order valence-corrected chi connectivity index (χ0v) is 17.1. The van der Waals surface area contributed by atoms with Crippen molar-refractivity contribution >= 4 is 35.1 Å². The fraction of sp³-hybridized carbons (Fsp3) is 0.350. The lowest BCUT2D eigenvalue weighted by atomic mass is 10.1. The molecule has 0 aliphatic carbocycles. The number of hydrogen-bond acceptors (Lipinski definition) is 5. The first-order valence-corrected chi connectivity index (χ1v) is 10.3. The number of benzene rings is 1. The number of carbonyl (C=O) groups excluding carboxylic acids is 1. The van der Waals surface area contributed by atoms with Crippen LogP contribution in [0.4, 0.5) is 0 Å². The average Bonchev–Trinajstić information content (AvgIpc) is 2.94. The van der Waals surface area contributed by atoms with Crippen molar-refractivity contribution in [3.05, 3.63) is 49.5 Å². The lowest BCUT2D eigenvalue weighted by Crippen LogP contribution is -2.26. The van der Waals surface area contributed by atoms with Crippen LogP contribution < -0.4 is 14.8 Å². The molecule has 0 radical (unpaired) electrons. The van der Waals surface area contributed by atoms with Crippen LogP contribution in [0.15, 0.2) is 23.1 Å². The van der Waals surface area contributed by atoms with Crippen molar-refractivity contribution in [2.75, 3.05) is 20.8 Å². The van der Waals surface area contributed by atoms with Gasteiger partial charge in [0.15, 0.2) is 11.5 Å². The van der Waals surface area contributed by atoms with Crippen LogP contribution in [0.5, 0.6) is 11.5 Å². The van der Waals surface area contributed by atoms with E-state index in [4.69, 9.17) is 9.47 Å². The summed E-state index contributed by atoms with van der Waals surface area (Å²) in [5, 5.41) is 3.02. The molecule has 0 atom stereocenters. The van der Waals surface area contributed by atoms with E-state index >= 15 is 0 Å². The van der Waals surface area contributed by atoms with Crippen LogP contribution in [0, 0.1) is 13.8 Å². The van der Waals surface area contributed by atoms with E-state index in [1.165, 1.54) is 20.9 Å². The fourth-order valence-corrected chi connectivity index (χ4v) is 5.26. The third kappa shape index (κ3) is 3.91. The van der Waals surface area contributed by atoms with E-state index in [0.717, 1.165) is 22.6 Å². The summed E-state index contributed by atoms with van der Waals surface area (Å²) < 4.78 is 10.6. The molecule has 0 saturated heterocycles. The highest BCUT2D eigenvalue weighted by Crippen LogP contribution is 2.39. The van der Waals surface area contributed by atoms with E-state index in [0.29, 0.717) is 18.0 Å². The second-order valence-electron chi connectivity index (χ2n) is 6.12. The summed E-state index contributed by atoms with van der Waals surface area (Å²) in [5.41, 5.74) is 3.83. The zero-order chi connectivity index (χ0) is 18.7. The first-order chi connectivity index (χ1) is 12.5. The minimum absolute atomic E-state index is 0.00447. The molecule has 0 fully saturated rings. The molecule has 1 aromatic carbocycles. The van der Waals surface area contributed by atoms with Gasteiger partial charge in [0.05, 0.1) is 19.1 Å². The van der Waals surface area contributed by atoms with Crippen molar-refractivity contribution < 1.29 is 14.3 Å². The molecule has 0 spiro atoms. The monoisotopic (exact) mass is 389 g/mol. The Hall–Kier alpha value is -1.92. The van der Waals surface area contributed by atoms with E-state index in [2.05, 4.69) is 19.2 Å². The van der Waals surface area contributed by atoms with Gasteiger partial charge < -0.3 is 14.8 Å². The molecule has 1 aromatic heterocycles. The Morgan fingerprint density at radius 3 is 2.69 bits per heavy atom. The van der Waals surface area contributed by atoms with Crippen LogP contribution in [0.1, 0.15) is 26.4 Å². The Labute approximate surface area is 162 Å². The van der Waals surface area contributed by atoms with E-state index in [-0.39, 0.29) is 5.91 Å². The predicted octanol–water partition coefficient (Wildman–Crippen LogP) is 4.33. The smallest absolute Gasteiger partial charge is 0.257 e. The maximum Gasteiger partial charge on any atom is 0.257 e. The van der Waals surface area contributed by atoms with Gasteiger partial charge in [-0.2, -0.15) is 0 Å². The number of nitrogens with one attached hydrogen (secondary N) is 1. The van der Waals surface area contributed by atoms with Crippen molar-refractivity contribution in [1.29, 1.82) is 0 Å². The SMILES string of the molecule is COc1ccc(CCNC(=O)C2=Cc3sc(C)c(C)c3CS2)cc1OC. The molecule has 6 heteroatoms. The first-order valence-electron chi connectivity index (χ1n) is 8.46. The predicted molar refractivity (Wildman–Crippen MR) is 109 cm³/mol. The van der Waals surface area contributed by atoms with Crippen molar-refractivity contribution in [2.24, 2.45) is 0 Å². The summed E-state index contributed by atoms with van der Waals surface area (Å²) in [7, 11) is 3.24. The number of thiophene rings is 1. The Morgan fingerprint density at radius 2 is 1.96 bits per heavy atom. The number of ether oxygens (including phenoxy) is 2. The summed E-state index contributed by atoms with van der Waals surface area (Å²) in [5.74, 6) is 2.30. The lowest BCUT2D eigenvalue weighted by Gasteiger charge is -2.14. The van der Waals surface area contributed by atoms with Gasteiger partial charge in [-0.3, -0.25) is 4.79 Å². The van der Waals surface area contributed by atoms with Gasteiger partial charge in [0.2, 0.25) is 0 Å². The Bertz CT molecular complexity index is 855. The van der Waals surface area contributed by atoms with Crippen LogP contribution >= 0.6 is 23.1 Å². The van der Waals surface area contributed by atoms with Crippen molar-refractivity contribution in [3.8, 4) is 11.5 Å².